The molecule has 2 fully saturated rings. The molecule has 2 aromatic rings. The van der Waals surface area contributed by atoms with Crippen molar-refractivity contribution in [2.24, 2.45) is 5.92 Å². The van der Waals surface area contributed by atoms with Crippen molar-refractivity contribution >= 4 is 16.8 Å². The molecule has 2 atom stereocenters. The molecule has 1 aromatic carbocycles. The van der Waals surface area contributed by atoms with Gasteiger partial charge in [0.25, 0.3) is 5.56 Å². The number of amides is 1. The summed E-state index contributed by atoms with van der Waals surface area (Å²) in [6, 6.07) is 7.31. The molecule has 0 bridgehead atoms. The zero-order valence-electron chi connectivity index (χ0n) is 16.5. The van der Waals surface area contributed by atoms with E-state index in [2.05, 4.69) is 11.9 Å². The molecule has 2 aliphatic rings. The molecule has 0 N–H and O–H groups in total. The first-order valence-corrected chi connectivity index (χ1v) is 10.5. The van der Waals surface area contributed by atoms with Crippen molar-refractivity contribution in [1.29, 1.82) is 0 Å². The molecular weight excluding hydrogens is 354 g/mol. The van der Waals surface area contributed by atoms with Crippen molar-refractivity contribution in [3.63, 3.8) is 0 Å². The van der Waals surface area contributed by atoms with Gasteiger partial charge in [0.1, 0.15) is 0 Å². The van der Waals surface area contributed by atoms with Gasteiger partial charge in [-0.2, -0.15) is 0 Å². The van der Waals surface area contributed by atoms with E-state index in [0.717, 1.165) is 19.3 Å². The number of rotatable bonds is 7. The van der Waals surface area contributed by atoms with Gasteiger partial charge in [0.15, 0.2) is 0 Å². The van der Waals surface area contributed by atoms with Crippen LogP contribution in [0.4, 0.5) is 0 Å². The Morgan fingerprint density at radius 1 is 1.25 bits per heavy atom. The summed E-state index contributed by atoms with van der Waals surface area (Å²) in [7, 11) is 0. The van der Waals surface area contributed by atoms with E-state index in [4.69, 9.17) is 4.74 Å². The number of carbonyl (C=O) groups is 1. The number of carbonyl (C=O) groups excluding carboxylic acids is 1. The third kappa shape index (κ3) is 4.27. The van der Waals surface area contributed by atoms with Gasteiger partial charge in [0.05, 0.1) is 29.4 Å². The van der Waals surface area contributed by atoms with Gasteiger partial charge >= 0.3 is 0 Å². The van der Waals surface area contributed by atoms with Crippen molar-refractivity contribution in [3.8, 4) is 0 Å². The maximum atomic E-state index is 12.9. The Bertz CT molecular complexity index is 890. The molecule has 6 heteroatoms. The van der Waals surface area contributed by atoms with E-state index in [9.17, 15) is 9.59 Å². The summed E-state index contributed by atoms with van der Waals surface area (Å²) in [6.45, 7) is 3.91. The number of benzene rings is 1. The number of aryl methyl sites for hydroxylation is 1. The highest BCUT2D eigenvalue weighted by atomic mass is 16.5. The summed E-state index contributed by atoms with van der Waals surface area (Å²) in [5.41, 5.74) is 0.603. The third-order valence-corrected chi connectivity index (χ3v) is 5.87. The Kier molecular flexibility index (Phi) is 5.76. The number of para-hydroxylation sites is 1. The van der Waals surface area contributed by atoms with Gasteiger partial charge in [-0.05, 0) is 37.3 Å². The number of hydrogen-bond donors (Lipinski definition) is 0. The average molecular weight is 383 g/mol. The Morgan fingerprint density at radius 2 is 2.07 bits per heavy atom. The van der Waals surface area contributed by atoms with Crippen LogP contribution in [0.3, 0.4) is 0 Å². The maximum Gasteiger partial charge on any atom is 0.261 e. The van der Waals surface area contributed by atoms with Gasteiger partial charge < -0.3 is 9.64 Å². The maximum absolute atomic E-state index is 12.9. The molecule has 6 nitrogen and oxygen atoms in total. The first kappa shape index (κ1) is 19.1. The predicted molar refractivity (Wildman–Crippen MR) is 108 cm³/mol. The third-order valence-electron chi connectivity index (χ3n) is 5.87. The molecular formula is C22H29N3O3. The molecule has 4 rings (SSSR count). The highest BCUT2D eigenvalue weighted by Gasteiger charge is 2.39. The van der Waals surface area contributed by atoms with Crippen molar-refractivity contribution in [2.75, 3.05) is 13.1 Å². The standard InChI is InChI=1S/C22H29N3O3/c1-2-3-6-17-13-25(14-20(28-17)16-9-10-16)21(26)11-12-24-15-23-19-8-5-4-7-18(19)22(24)27/h4-5,7-8,15-17,20H,2-3,6,9-14H2,1H3/t17-,20-/m1/s1. The summed E-state index contributed by atoms with van der Waals surface area (Å²) in [4.78, 5) is 31.8. The Hall–Kier alpha value is -2.21. The molecule has 1 aromatic heterocycles. The van der Waals surface area contributed by atoms with Crippen LogP contribution in [-0.4, -0.2) is 45.7 Å². The quantitative estimate of drug-likeness (QED) is 0.737. The number of hydrogen-bond acceptors (Lipinski definition) is 4. The van der Waals surface area contributed by atoms with Crippen molar-refractivity contribution in [2.45, 2.75) is 64.2 Å². The van der Waals surface area contributed by atoms with Crippen LogP contribution in [0.15, 0.2) is 35.4 Å². The van der Waals surface area contributed by atoms with E-state index >= 15 is 0 Å². The lowest BCUT2D eigenvalue weighted by atomic mass is 10.1. The van der Waals surface area contributed by atoms with Crippen molar-refractivity contribution < 1.29 is 9.53 Å². The number of nitrogens with zero attached hydrogens (tertiary/aromatic N) is 3. The Balaban J connectivity index is 1.41. The lowest BCUT2D eigenvalue weighted by molar-refractivity contribution is -0.148. The summed E-state index contributed by atoms with van der Waals surface area (Å²) < 4.78 is 7.81. The molecule has 0 unspecified atom stereocenters. The number of unbranched alkanes of at least 4 members (excludes halogenated alkanes) is 1. The SMILES string of the molecule is CCCC[C@@H]1CN(C(=O)CCn2cnc3ccccc3c2=O)C[C@H](C2CC2)O1. The molecule has 1 aliphatic carbocycles. The molecule has 0 spiro atoms. The van der Waals surface area contributed by atoms with Crippen LogP contribution >= 0.6 is 0 Å². The van der Waals surface area contributed by atoms with Gasteiger partial charge in [-0.3, -0.25) is 14.2 Å². The van der Waals surface area contributed by atoms with Gasteiger partial charge in [-0.25, -0.2) is 4.98 Å². The first-order valence-electron chi connectivity index (χ1n) is 10.5. The fraction of sp³-hybridized carbons (Fsp3) is 0.591. The molecule has 1 aliphatic heterocycles. The fourth-order valence-corrected chi connectivity index (χ4v) is 4.03. The minimum atomic E-state index is -0.0861. The summed E-state index contributed by atoms with van der Waals surface area (Å²) in [6.07, 6.45) is 7.90. The Labute approximate surface area is 165 Å². The van der Waals surface area contributed by atoms with E-state index in [-0.39, 0.29) is 23.7 Å². The van der Waals surface area contributed by atoms with Crippen LogP contribution < -0.4 is 5.56 Å². The predicted octanol–water partition coefficient (Wildman–Crippen LogP) is 2.98. The van der Waals surface area contributed by atoms with E-state index < -0.39 is 0 Å². The van der Waals surface area contributed by atoms with E-state index in [1.54, 1.807) is 17.0 Å². The molecule has 150 valence electrons. The van der Waals surface area contributed by atoms with Gasteiger partial charge in [-0.15, -0.1) is 0 Å². The van der Waals surface area contributed by atoms with Crippen LogP contribution in [0.2, 0.25) is 0 Å². The van der Waals surface area contributed by atoms with E-state index in [1.807, 2.05) is 23.1 Å². The molecule has 1 saturated carbocycles. The van der Waals surface area contributed by atoms with Crippen molar-refractivity contribution in [1.82, 2.24) is 14.5 Å². The van der Waals surface area contributed by atoms with Gasteiger partial charge in [0, 0.05) is 26.1 Å². The second kappa shape index (κ2) is 8.43. The zero-order valence-corrected chi connectivity index (χ0v) is 16.5. The van der Waals surface area contributed by atoms with E-state index in [0.29, 0.717) is 42.9 Å². The first-order chi connectivity index (χ1) is 13.7. The minimum Gasteiger partial charge on any atom is -0.371 e. The highest BCUT2D eigenvalue weighted by Crippen LogP contribution is 2.37. The number of morpholine rings is 1. The minimum absolute atomic E-state index is 0.0861. The number of fused-ring (bicyclic) bond motifs is 1. The summed E-state index contributed by atoms with van der Waals surface area (Å²) in [5, 5.41) is 0.595. The normalized spacial score (nSPS) is 22.5. The van der Waals surface area contributed by atoms with Crippen LogP contribution in [0.5, 0.6) is 0 Å². The van der Waals surface area contributed by atoms with Crippen LogP contribution in [0.1, 0.15) is 45.4 Å². The topological polar surface area (TPSA) is 64.4 Å². The summed E-state index contributed by atoms with van der Waals surface area (Å²) in [5.74, 6) is 0.725. The Morgan fingerprint density at radius 3 is 2.86 bits per heavy atom. The monoisotopic (exact) mass is 383 g/mol. The van der Waals surface area contributed by atoms with Gasteiger partial charge in [-0.1, -0.05) is 31.9 Å². The van der Waals surface area contributed by atoms with Crippen LogP contribution in [0.25, 0.3) is 10.9 Å². The number of aromatic nitrogens is 2. The van der Waals surface area contributed by atoms with E-state index in [1.165, 1.54) is 12.8 Å². The summed E-state index contributed by atoms with van der Waals surface area (Å²) >= 11 is 0. The second-order valence-corrected chi connectivity index (χ2v) is 8.09. The fourth-order valence-electron chi connectivity index (χ4n) is 4.03. The smallest absolute Gasteiger partial charge is 0.261 e. The van der Waals surface area contributed by atoms with Crippen LogP contribution in [-0.2, 0) is 16.1 Å². The van der Waals surface area contributed by atoms with Gasteiger partial charge in [0.2, 0.25) is 5.91 Å². The molecule has 0 radical (unpaired) electrons. The molecule has 1 saturated heterocycles. The van der Waals surface area contributed by atoms with Crippen molar-refractivity contribution in [3.05, 3.63) is 40.9 Å². The molecule has 1 amide bonds. The molecule has 28 heavy (non-hydrogen) atoms. The number of ether oxygens (including phenoxy) is 1. The lowest BCUT2D eigenvalue weighted by Gasteiger charge is -2.38. The average Bonchev–Trinajstić information content (AvgIpc) is 3.57. The highest BCUT2D eigenvalue weighted by molar-refractivity contribution is 5.77. The van der Waals surface area contributed by atoms with Crippen LogP contribution in [0, 0.1) is 5.92 Å². The second-order valence-electron chi connectivity index (χ2n) is 8.09. The largest absolute Gasteiger partial charge is 0.371 e. The molecule has 2 heterocycles. The lowest BCUT2D eigenvalue weighted by Crippen LogP contribution is -2.51. The zero-order chi connectivity index (χ0) is 19.5.